The second kappa shape index (κ2) is 4.41. The predicted octanol–water partition coefficient (Wildman–Crippen LogP) is 1.62. The number of aryl methyl sites for hydroxylation is 1. The van der Waals surface area contributed by atoms with E-state index >= 15 is 0 Å². The Kier molecular flexibility index (Phi) is 2.85. The van der Waals surface area contributed by atoms with Crippen LogP contribution in [0.4, 0.5) is 20.5 Å². The molecule has 0 aromatic carbocycles. The topological polar surface area (TPSA) is 67.1 Å². The molecule has 1 aliphatic heterocycles. The normalized spacial score (nSPS) is 22.5. The van der Waals surface area contributed by atoms with Gasteiger partial charge >= 0.3 is 0 Å². The zero-order chi connectivity index (χ0) is 13.6. The van der Waals surface area contributed by atoms with Crippen LogP contribution in [0.15, 0.2) is 17.3 Å². The number of allylic oxidation sites excluding steroid dienone is 1. The van der Waals surface area contributed by atoms with Crippen LogP contribution in [0.5, 0.6) is 0 Å². The van der Waals surface area contributed by atoms with E-state index in [1.165, 1.54) is 0 Å². The van der Waals surface area contributed by atoms with E-state index < -0.39 is 12.3 Å². The van der Waals surface area contributed by atoms with Crippen LogP contribution >= 0.6 is 0 Å². The molecule has 2 aliphatic rings. The first-order valence-corrected chi connectivity index (χ1v) is 6.18. The zero-order valence-electron chi connectivity index (χ0n) is 10.5. The SMILES string of the molecule is Cc1cc(N2NCC3=C2CC(C(F)F)C3)nc(N)n1. The molecular weight excluding hydrogens is 252 g/mol. The summed E-state index contributed by atoms with van der Waals surface area (Å²) in [7, 11) is 0. The number of nitrogens with zero attached hydrogens (tertiary/aromatic N) is 3. The smallest absolute Gasteiger partial charge is 0.242 e. The Morgan fingerprint density at radius 1 is 1.42 bits per heavy atom. The van der Waals surface area contributed by atoms with Crippen LogP contribution in [0.2, 0.25) is 0 Å². The lowest BCUT2D eigenvalue weighted by Gasteiger charge is -2.22. The molecule has 3 rings (SSSR count). The van der Waals surface area contributed by atoms with Gasteiger partial charge in [-0.1, -0.05) is 0 Å². The molecule has 1 aromatic rings. The fourth-order valence-electron chi connectivity index (χ4n) is 2.68. The Labute approximate surface area is 109 Å². The lowest BCUT2D eigenvalue weighted by molar-refractivity contribution is 0.0811. The predicted molar refractivity (Wildman–Crippen MR) is 67.4 cm³/mol. The van der Waals surface area contributed by atoms with Crippen molar-refractivity contribution in [2.24, 2.45) is 5.92 Å². The number of hydrogen-bond donors (Lipinski definition) is 2. The van der Waals surface area contributed by atoms with Gasteiger partial charge in [-0.2, -0.15) is 4.98 Å². The van der Waals surface area contributed by atoms with Crippen LogP contribution in [-0.2, 0) is 0 Å². The van der Waals surface area contributed by atoms with Crippen LogP contribution in [0.25, 0.3) is 0 Å². The zero-order valence-corrected chi connectivity index (χ0v) is 10.5. The summed E-state index contributed by atoms with van der Waals surface area (Å²) in [6, 6.07) is 1.79. The first kappa shape index (κ1) is 12.3. The maximum Gasteiger partial charge on any atom is 0.242 e. The molecule has 0 saturated heterocycles. The molecule has 0 amide bonds. The molecule has 102 valence electrons. The van der Waals surface area contributed by atoms with E-state index in [9.17, 15) is 8.78 Å². The Hall–Kier alpha value is -1.76. The van der Waals surface area contributed by atoms with Crippen molar-refractivity contribution < 1.29 is 8.78 Å². The maximum atomic E-state index is 12.8. The second-order valence-electron chi connectivity index (χ2n) is 4.95. The Balaban J connectivity index is 1.87. The third kappa shape index (κ3) is 2.14. The minimum absolute atomic E-state index is 0.189. The van der Waals surface area contributed by atoms with E-state index in [1.807, 2.05) is 6.92 Å². The average Bonchev–Trinajstić information content (AvgIpc) is 2.85. The minimum atomic E-state index is -2.27. The van der Waals surface area contributed by atoms with Gasteiger partial charge in [-0.05, 0) is 25.3 Å². The van der Waals surface area contributed by atoms with Gasteiger partial charge in [0.15, 0.2) is 5.82 Å². The molecule has 3 N–H and O–H groups in total. The molecule has 0 radical (unpaired) electrons. The molecule has 0 fully saturated rings. The monoisotopic (exact) mass is 267 g/mol. The number of alkyl halides is 2. The molecular formula is C12H15F2N5. The highest BCUT2D eigenvalue weighted by Gasteiger charge is 2.37. The highest BCUT2D eigenvalue weighted by Crippen LogP contribution is 2.40. The number of hydrazine groups is 1. The second-order valence-corrected chi connectivity index (χ2v) is 4.95. The van der Waals surface area contributed by atoms with Crippen molar-refractivity contribution in [1.29, 1.82) is 0 Å². The number of nitrogen functional groups attached to an aromatic ring is 1. The summed E-state index contributed by atoms with van der Waals surface area (Å²) in [4.78, 5) is 8.17. The van der Waals surface area contributed by atoms with Gasteiger partial charge in [0.2, 0.25) is 12.4 Å². The number of halogens is 2. The standard InChI is InChI=1S/C12H15F2N5/c1-6-2-10(18-12(15)17-6)19-9-4-7(11(13)14)3-8(9)5-16-19/h2,7,11,16H,3-5H2,1H3,(H2,15,17,18). The van der Waals surface area contributed by atoms with Crippen LogP contribution in [0, 0.1) is 12.8 Å². The Morgan fingerprint density at radius 2 is 2.21 bits per heavy atom. The van der Waals surface area contributed by atoms with Gasteiger partial charge in [-0.3, -0.25) is 5.01 Å². The van der Waals surface area contributed by atoms with E-state index in [2.05, 4.69) is 15.4 Å². The molecule has 0 saturated carbocycles. The summed E-state index contributed by atoms with van der Waals surface area (Å²) in [5.74, 6) is 0.231. The van der Waals surface area contributed by atoms with Gasteiger partial charge in [-0.25, -0.2) is 19.2 Å². The number of anilines is 2. The van der Waals surface area contributed by atoms with Gasteiger partial charge in [0, 0.05) is 29.9 Å². The van der Waals surface area contributed by atoms with Crippen molar-refractivity contribution in [2.75, 3.05) is 17.3 Å². The highest BCUT2D eigenvalue weighted by atomic mass is 19.3. The molecule has 0 bridgehead atoms. The number of rotatable bonds is 2. The molecule has 1 unspecified atom stereocenters. The third-order valence-electron chi connectivity index (χ3n) is 3.54. The van der Waals surface area contributed by atoms with Gasteiger partial charge in [0.25, 0.3) is 0 Å². The van der Waals surface area contributed by atoms with Gasteiger partial charge in [-0.15, -0.1) is 0 Å². The van der Waals surface area contributed by atoms with Gasteiger partial charge < -0.3 is 5.73 Å². The summed E-state index contributed by atoms with van der Waals surface area (Å²) in [5.41, 5.74) is 11.5. The van der Waals surface area contributed by atoms with Crippen molar-refractivity contribution in [1.82, 2.24) is 15.4 Å². The highest BCUT2D eigenvalue weighted by molar-refractivity contribution is 5.52. The molecule has 19 heavy (non-hydrogen) atoms. The van der Waals surface area contributed by atoms with Gasteiger partial charge in [0.1, 0.15) is 0 Å². The van der Waals surface area contributed by atoms with Gasteiger partial charge in [0.05, 0.1) is 0 Å². The van der Waals surface area contributed by atoms with Crippen LogP contribution in [0.3, 0.4) is 0 Å². The van der Waals surface area contributed by atoms with Crippen molar-refractivity contribution in [3.05, 3.63) is 23.0 Å². The Morgan fingerprint density at radius 3 is 2.89 bits per heavy atom. The molecule has 1 aliphatic carbocycles. The van der Waals surface area contributed by atoms with Crippen molar-refractivity contribution >= 4 is 11.8 Å². The third-order valence-corrected chi connectivity index (χ3v) is 3.54. The lowest BCUT2D eigenvalue weighted by atomic mass is 10.1. The molecule has 5 nitrogen and oxygen atoms in total. The van der Waals surface area contributed by atoms with E-state index in [-0.39, 0.29) is 5.95 Å². The van der Waals surface area contributed by atoms with E-state index in [1.54, 1.807) is 11.1 Å². The number of hydrogen-bond acceptors (Lipinski definition) is 5. The van der Waals surface area contributed by atoms with Crippen LogP contribution in [-0.4, -0.2) is 22.9 Å². The largest absolute Gasteiger partial charge is 0.368 e. The molecule has 1 aromatic heterocycles. The lowest BCUT2D eigenvalue weighted by Crippen LogP contribution is -2.34. The fourth-order valence-corrected chi connectivity index (χ4v) is 2.68. The minimum Gasteiger partial charge on any atom is -0.368 e. The first-order valence-electron chi connectivity index (χ1n) is 6.18. The summed E-state index contributed by atoms with van der Waals surface area (Å²) < 4.78 is 25.6. The number of aromatic nitrogens is 2. The average molecular weight is 267 g/mol. The summed E-state index contributed by atoms with van der Waals surface area (Å²) in [6.45, 7) is 2.42. The summed E-state index contributed by atoms with van der Waals surface area (Å²) >= 11 is 0. The van der Waals surface area contributed by atoms with Crippen LogP contribution < -0.4 is 16.2 Å². The van der Waals surface area contributed by atoms with E-state index in [0.717, 1.165) is 17.0 Å². The van der Waals surface area contributed by atoms with Crippen molar-refractivity contribution in [3.63, 3.8) is 0 Å². The quantitative estimate of drug-likeness (QED) is 0.852. The maximum absolute atomic E-state index is 12.8. The fraction of sp³-hybridized carbons (Fsp3) is 0.500. The molecule has 0 spiro atoms. The summed E-state index contributed by atoms with van der Waals surface area (Å²) in [6.07, 6.45) is -1.44. The number of nitrogens with two attached hydrogens (primary N) is 1. The van der Waals surface area contributed by atoms with E-state index in [0.29, 0.717) is 25.2 Å². The number of nitrogens with one attached hydrogen (secondary N) is 1. The van der Waals surface area contributed by atoms with Crippen molar-refractivity contribution in [3.8, 4) is 0 Å². The van der Waals surface area contributed by atoms with Crippen molar-refractivity contribution in [2.45, 2.75) is 26.2 Å². The van der Waals surface area contributed by atoms with E-state index in [4.69, 9.17) is 5.73 Å². The Bertz CT molecular complexity index is 523. The summed E-state index contributed by atoms with van der Waals surface area (Å²) in [5, 5.41) is 1.77. The molecule has 1 atom stereocenters. The molecule has 2 heterocycles. The van der Waals surface area contributed by atoms with Crippen LogP contribution in [0.1, 0.15) is 18.5 Å². The first-order chi connectivity index (χ1) is 9.04. The molecule has 7 heteroatoms.